The van der Waals surface area contributed by atoms with Crippen molar-refractivity contribution in [3.63, 3.8) is 0 Å². The number of nitrogens with one attached hydrogen (secondary N) is 1. The topological polar surface area (TPSA) is 66.4 Å². The van der Waals surface area contributed by atoms with Gasteiger partial charge in [-0.2, -0.15) is 0 Å². The minimum atomic E-state index is -1.07. The van der Waals surface area contributed by atoms with Gasteiger partial charge in [0.05, 0.1) is 5.75 Å². The van der Waals surface area contributed by atoms with Gasteiger partial charge in [0.1, 0.15) is 0 Å². The van der Waals surface area contributed by atoms with E-state index in [-0.39, 0.29) is 11.7 Å². The van der Waals surface area contributed by atoms with Crippen LogP contribution >= 0.6 is 34.7 Å². The predicted octanol–water partition coefficient (Wildman–Crippen LogP) is 3.44. The van der Waals surface area contributed by atoms with Gasteiger partial charge >= 0.3 is 5.97 Å². The molecule has 0 saturated heterocycles. The van der Waals surface area contributed by atoms with Gasteiger partial charge in [0.25, 0.3) is 0 Å². The standard InChI is InChI=1S/C14H12ClNO3S2/c15-9-3-5-10(6-4-9)21-8-12(17)16-13(14(18)19)11-2-1-7-20-11/h1-7,13H,8H2,(H,16,17)(H,18,19). The van der Waals surface area contributed by atoms with Crippen LogP contribution < -0.4 is 5.32 Å². The zero-order valence-electron chi connectivity index (χ0n) is 10.8. The van der Waals surface area contributed by atoms with Crippen molar-refractivity contribution in [3.05, 3.63) is 51.7 Å². The predicted molar refractivity (Wildman–Crippen MR) is 85.0 cm³/mol. The average Bonchev–Trinajstić information content (AvgIpc) is 2.97. The first-order valence-electron chi connectivity index (χ1n) is 6.00. The summed E-state index contributed by atoms with van der Waals surface area (Å²) in [7, 11) is 0. The normalized spacial score (nSPS) is 11.9. The van der Waals surface area contributed by atoms with Crippen molar-refractivity contribution < 1.29 is 14.7 Å². The summed E-state index contributed by atoms with van der Waals surface area (Å²) in [5.74, 6) is -1.24. The van der Waals surface area contributed by atoms with Gasteiger partial charge in [-0.05, 0) is 35.7 Å². The summed E-state index contributed by atoms with van der Waals surface area (Å²) >= 11 is 8.41. The van der Waals surface area contributed by atoms with Crippen LogP contribution in [-0.4, -0.2) is 22.7 Å². The molecule has 2 N–H and O–H groups in total. The van der Waals surface area contributed by atoms with Crippen LogP contribution in [-0.2, 0) is 9.59 Å². The largest absolute Gasteiger partial charge is 0.479 e. The monoisotopic (exact) mass is 341 g/mol. The van der Waals surface area contributed by atoms with E-state index in [2.05, 4.69) is 5.32 Å². The Bertz CT molecular complexity index is 614. The molecule has 0 aliphatic heterocycles. The molecule has 1 heterocycles. The zero-order chi connectivity index (χ0) is 15.2. The van der Waals surface area contributed by atoms with E-state index in [0.717, 1.165) is 4.90 Å². The highest BCUT2D eigenvalue weighted by molar-refractivity contribution is 8.00. The first-order valence-corrected chi connectivity index (χ1v) is 8.24. The third-order valence-corrected chi connectivity index (χ3v) is 4.76. The maximum absolute atomic E-state index is 11.9. The maximum Gasteiger partial charge on any atom is 0.331 e. The van der Waals surface area contributed by atoms with Crippen molar-refractivity contribution in [1.82, 2.24) is 5.32 Å². The van der Waals surface area contributed by atoms with E-state index in [1.165, 1.54) is 23.1 Å². The second kappa shape index (κ2) is 7.49. The molecule has 0 spiro atoms. The number of aliphatic carboxylic acids is 1. The number of hydrogen-bond acceptors (Lipinski definition) is 4. The molecule has 0 radical (unpaired) electrons. The van der Waals surface area contributed by atoms with Gasteiger partial charge in [0.15, 0.2) is 6.04 Å². The first kappa shape index (κ1) is 15.9. The van der Waals surface area contributed by atoms with E-state index >= 15 is 0 Å². The van der Waals surface area contributed by atoms with Crippen LogP contribution in [0.2, 0.25) is 5.02 Å². The number of halogens is 1. The molecule has 1 unspecified atom stereocenters. The number of thiophene rings is 1. The Balaban J connectivity index is 1.91. The molecule has 0 saturated carbocycles. The fourth-order valence-corrected chi connectivity index (χ4v) is 3.20. The van der Waals surface area contributed by atoms with Gasteiger partial charge in [-0.3, -0.25) is 4.79 Å². The van der Waals surface area contributed by atoms with E-state index in [4.69, 9.17) is 11.6 Å². The number of thioether (sulfide) groups is 1. The van der Waals surface area contributed by atoms with Crippen molar-refractivity contribution in [3.8, 4) is 0 Å². The van der Waals surface area contributed by atoms with Crippen LogP contribution in [0.5, 0.6) is 0 Å². The molecule has 7 heteroatoms. The number of carbonyl (C=O) groups is 2. The van der Waals surface area contributed by atoms with E-state index in [1.54, 1.807) is 29.6 Å². The van der Waals surface area contributed by atoms with Crippen molar-refractivity contribution >= 4 is 46.6 Å². The van der Waals surface area contributed by atoms with Crippen molar-refractivity contribution in [2.75, 3.05) is 5.75 Å². The molecule has 110 valence electrons. The van der Waals surface area contributed by atoms with Gasteiger partial charge in [0, 0.05) is 14.8 Å². The summed E-state index contributed by atoms with van der Waals surface area (Å²) in [6, 6.07) is 9.56. The van der Waals surface area contributed by atoms with Crippen molar-refractivity contribution in [1.29, 1.82) is 0 Å². The Labute approximate surface area is 135 Å². The van der Waals surface area contributed by atoms with Crippen LogP contribution in [0.15, 0.2) is 46.7 Å². The molecule has 1 atom stereocenters. The molecule has 21 heavy (non-hydrogen) atoms. The van der Waals surface area contributed by atoms with Gasteiger partial charge in [-0.25, -0.2) is 4.79 Å². The number of rotatable bonds is 6. The number of amides is 1. The molecule has 2 aromatic rings. The SMILES string of the molecule is O=C(CSc1ccc(Cl)cc1)NC(C(=O)O)c1cccs1. The summed E-state index contributed by atoms with van der Waals surface area (Å²) in [5, 5.41) is 14.1. The van der Waals surface area contributed by atoms with E-state index in [0.29, 0.717) is 9.90 Å². The Kier molecular flexibility index (Phi) is 5.67. The van der Waals surface area contributed by atoms with Crippen LogP contribution in [0.4, 0.5) is 0 Å². The lowest BCUT2D eigenvalue weighted by Gasteiger charge is -2.12. The number of carboxylic acid groups (broad SMARTS) is 1. The molecule has 0 bridgehead atoms. The number of benzene rings is 1. The van der Waals surface area contributed by atoms with Crippen LogP contribution in [0.1, 0.15) is 10.9 Å². The lowest BCUT2D eigenvalue weighted by atomic mass is 10.2. The molecule has 0 aliphatic rings. The summed E-state index contributed by atoms with van der Waals surface area (Å²) in [6.45, 7) is 0. The van der Waals surface area contributed by atoms with Gasteiger partial charge < -0.3 is 10.4 Å². The summed E-state index contributed by atoms with van der Waals surface area (Å²) in [4.78, 5) is 24.6. The smallest absolute Gasteiger partial charge is 0.331 e. The van der Waals surface area contributed by atoms with Crippen molar-refractivity contribution in [2.45, 2.75) is 10.9 Å². The van der Waals surface area contributed by atoms with Crippen LogP contribution in [0.3, 0.4) is 0 Å². The molecular formula is C14H12ClNO3S2. The van der Waals surface area contributed by atoms with Gasteiger partial charge in [0.2, 0.25) is 5.91 Å². The Morgan fingerprint density at radius 3 is 2.57 bits per heavy atom. The third-order valence-electron chi connectivity index (χ3n) is 2.56. The highest BCUT2D eigenvalue weighted by Crippen LogP contribution is 2.22. The summed E-state index contributed by atoms with van der Waals surface area (Å²) in [5.41, 5.74) is 0. The fourth-order valence-electron chi connectivity index (χ4n) is 1.59. The highest BCUT2D eigenvalue weighted by Gasteiger charge is 2.22. The summed E-state index contributed by atoms with van der Waals surface area (Å²) in [6.07, 6.45) is 0. The third kappa shape index (κ3) is 4.77. The Morgan fingerprint density at radius 2 is 2.00 bits per heavy atom. The quantitative estimate of drug-likeness (QED) is 0.790. The number of carbonyl (C=O) groups excluding carboxylic acids is 1. The van der Waals surface area contributed by atoms with Crippen LogP contribution in [0.25, 0.3) is 0 Å². The van der Waals surface area contributed by atoms with Crippen LogP contribution in [0, 0.1) is 0 Å². The number of carboxylic acids is 1. The molecule has 0 aliphatic carbocycles. The minimum Gasteiger partial charge on any atom is -0.479 e. The molecule has 0 fully saturated rings. The van der Waals surface area contributed by atoms with E-state index in [9.17, 15) is 14.7 Å². The molecule has 2 rings (SSSR count). The second-order valence-corrected chi connectivity index (χ2v) is 6.56. The molecule has 4 nitrogen and oxygen atoms in total. The zero-order valence-corrected chi connectivity index (χ0v) is 13.2. The second-order valence-electron chi connectivity index (χ2n) is 4.10. The Morgan fingerprint density at radius 1 is 1.29 bits per heavy atom. The molecule has 1 aromatic heterocycles. The van der Waals surface area contributed by atoms with E-state index < -0.39 is 12.0 Å². The summed E-state index contributed by atoms with van der Waals surface area (Å²) < 4.78 is 0. The molecular weight excluding hydrogens is 330 g/mol. The van der Waals surface area contributed by atoms with Gasteiger partial charge in [-0.1, -0.05) is 17.7 Å². The average molecular weight is 342 g/mol. The Hall–Kier alpha value is -1.50. The number of hydrogen-bond donors (Lipinski definition) is 2. The maximum atomic E-state index is 11.9. The van der Waals surface area contributed by atoms with Gasteiger partial charge in [-0.15, -0.1) is 23.1 Å². The lowest BCUT2D eigenvalue weighted by molar-refractivity contribution is -0.141. The van der Waals surface area contributed by atoms with Crippen molar-refractivity contribution in [2.24, 2.45) is 0 Å². The molecule has 1 aromatic carbocycles. The fraction of sp³-hybridized carbons (Fsp3) is 0.143. The lowest BCUT2D eigenvalue weighted by Crippen LogP contribution is -2.34. The molecule has 1 amide bonds. The highest BCUT2D eigenvalue weighted by atomic mass is 35.5. The first-order chi connectivity index (χ1) is 10.1. The van der Waals surface area contributed by atoms with E-state index in [1.807, 2.05) is 12.1 Å². The minimum absolute atomic E-state index is 0.150.